The lowest BCUT2D eigenvalue weighted by molar-refractivity contribution is -0.141. The fraction of sp³-hybridized carbons (Fsp3) is 0.476. The van der Waals surface area contributed by atoms with Gasteiger partial charge in [0.15, 0.2) is 11.5 Å². The Balaban J connectivity index is 1.27. The van der Waals surface area contributed by atoms with E-state index in [2.05, 4.69) is 4.98 Å². The van der Waals surface area contributed by atoms with Crippen LogP contribution in [0.5, 0.6) is 17.2 Å². The van der Waals surface area contributed by atoms with Crippen molar-refractivity contribution in [3.8, 4) is 17.2 Å². The van der Waals surface area contributed by atoms with Gasteiger partial charge in [-0.2, -0.15) is 13.2 Å². The molecule has 6 nitrogen and oxygen atoms in total. The predicted octanol–water partition coefficient (Wildman–Crippen LogP) is 3.48. The van der Waals surface area contributed by atoms with Crippen LogP contribution in [0.2, 0.25) is 0 Å². The molecule has 30 heavy (non-hydrogen) atoms. The van der Waals surface area contributed by atoms with Crippen LogP contribution in [0.15, 0.2) is 36.4 Å². The molecule has 1 N–H and O–H groups in total. The van der Waals surface area contributed by atoms with Crippen LogP contribution >= 0.6 is 0 Å². The maximum atomic E-state index is 13.0. The van der Waals surface area contributed by atoms with Crippen LogP contribution < -0.4 is 19.1 Å². The van der Waals surface area contributed by atoms with Crippen LogP contribution in [0.4, 0.5) is 19.0 Å². The van der Waals surface area contributed by atoms with Crippen molar-refractivity contribution < 1.29 is 32.5 Å². The molecular formula is C21H21F3N2O4. The minimum atomic E-state index is -4.47. The number of halogens is 3. The van der Waals surface area contributed by atoms with Crippen molar-refractivity contribution in [2.75, 3.05) is 24.8 Å². The first kappa shape index (κ1) is 19.3. The van der Waals surface area contributed by atoms with E-state index in [-0.39, 0.29) is 24.7 Å². The fourth-order valence-electron chi connectivity index (χ4n) is 4.59. The number of ether oxygens (including phenoxy) is 3. The summed E-state index contributed by atoms with van der Waals surface area (Å²) in [5, 5.41) is 10.6. The van der Waals surface area contributed by atoms with E-state index in [1.165, 1.54) is 6.07 Å². The Morgan fingerprint density at radius 2 is 1.80 bits per heavy atom. The van der Waals surface area contributed by atoms with Crippen LogP contribution in [0, 0.1) is 11.8 Å². The summed E-state index contributed by atoms with van der Waals surface area (Å²) >= 11 is 0. The fourth-order valence-corrected chi connectivity index (χ4v) is 4.59. The van der Waals surface area contributed by atoms with E-state index in [4.69, 9.17) is 14.2 Å². The molecule has 1 saturated heterocycles. The van der Waals surface area contributed by atoms with Gasteiger partial charge in [-0.25, -0.2) is 4.98 Å². The second kappa shape index (κ2) is 7.23. The van der Waals surface area contributed by atoms with E-state index in [1.807, 2.05) is 4.90 Å². The lowest BCUT2D eigenvalue weighted by Gasteiger charge is -2.35. The molecule has 1 aromatic carbocycles. The smallest absolute Gasteiger partial charge is 0.433 e. The summed E-state index contributed by atoms with van der Waals surface area (Å²) in [6.45, 7) is 1.34. The molecule has 0 unspecified atom stereocenters. The van der Waals surface area contributed by atoms with Gasteiger partial charge in [0.05, 0.1) is 6.10 Å². The summed E-state index contributed by atoms with van der Waals surface area (Å²) in [4.78, 5) is 5.68. The Morgan fingerprint density at radius 1 is 1.03 bits per heavy atom. The number of hydrogen-bond donors (Lipinski definition) is 1. The normalized spacial score (nSPS) is 27.8. The lowest BCUT2D eigenvalue weighted by Crippen LogP contribution is -2.42. The van der Waals surface area contributed by atoms with Crippen molar-refractivity contribution in [2.24, 2.45) is 11.8 Å². The molecule has 2 fully saturated rings. The molecule has 9 heteroatoms. The summed E-state index contributed by atoms with van der Waals surface area (Å²) in [6, 6.07) is 9.25. The number of hydrogen-bond acceptors (Lipinski definition) is 6. The van der Waals surface area contributed by atoms with Gasteiger partial charge in [-0.05, 0) is 48.9 Å². The zero-order valence-corrected chi connectivity index (χ0v) is 16.0. The standard InChI is InChI=1S/C21H21F3N2O4/c22-21(23,24)19-2-1-3-20(25-19)26-9-12-6-15(27)17(7-13(12)10-26)30-14-4-5-16-18(8-14)29-11-28-16/h1-5,8,12-13,15,17,27H,6-7,9-11H2/t12-,13+,15+,17+/m0/s1. The summed E-state index contributed by atoms with van der Waals surface area (Å²) in [5.41, 5.74) is -0.890. The molecule has 3 heterocycles. The van der Waals surface area contributed by atoms with Gasteiger partial charge in [0, 0.05) is 19.2 Å². The first-order valence-electron chi connectivity index (χ1n) is 9.90. The molecule has 0 amide bonds. The van der Waals surface area contributed by atoms with E-state index >= 15 is 0 Å². The van der Waals surface area contributed by atoms with Crippen molar-refractivity contribution in [3.05, 3.63) is 42.1 Å². The van der Waals surface area contributed by atoms with Gasteiger partial charge in [0.2, 0.25) is 6.79 Å². The van der Waals surface area contributed by atoms with Gasteiger partial charge in [-0.1, -0.05) is 6.07 Å². The van der Waals surface area contributed by atoms with E-state index in [9.17, 15) is 18.3 Å². The van der Waals surface area contributed by atoms with Crippen molar-refractivity contribution in [3.63, 3.8) is 0 Å². The molecule has 0 bridgehead atoms. The first-order valence-corrected chi connectivity index (χ1v) is 9.90. The highest BCUT2D eigenvalue weighted by Gasteiger charge is 2.43. The predicted molar refractivity (Wildman–Crippen MR) is 101 cm³/mol. The second-order valence-electron chi connectivity index (χ2n) is 8.01. The maximum Gasteiger partial charge on any atom is 0.433 e. The Morgan fingerprint density at radius 3 is 2.60 bits per heavy atom. The number of alkyl halides is 3. The topological polar surface area (TPSA) is 64.1 Å². The molecule has 160 valence electrons. The maximum absolute atomic E-state index is 13.0. The number of aliphatic hydroxyl groups is 1. The number of aliphatic hydroxyl groups excluding tert-OH is 1. The van der Waals surface area contributed by atoms with Gasteiger partial charge < -0.3 is 24.2 Å². The highest BCUT2D eigenvalue weighted by atomic mass is 19.4. The molecule has 4 atom stereocenters. The van der Waals surface area contributed by atoms with Crippen LogP contribution in [0.25, 0.3) is 0 Å². The van der Waals surface area contributed by atoms with Gasteiger partial charge >= 0.3 is 6.18 Å². The molecule has 1 aromatic heterocycles. The Labute approximate surface area is 171 Å². The third-order valence-electron chi connectivity index (χ3n) is 6.07. The minimum Gasteiger partial charge on any atom is -0.488 e. The van der Waals surface area contributed by atoms with Crippen molar-refractivity contribution >= 4 is 5.82 Å². The van der Waals surface area contributed by atoms with Gasteiger partial charge in [-0.3, -0.25) is 0 Å². The number of anilines is 1. The van der Waals surface area contributed by atoms with E-state index in [0.29, 0.717) is 49.0 Å². The van der Waals surface area contributed by atoms with Gasteiger partial charge in [0.1, 0.15) is 23.4 Å². The molecule has 1 saturated carbocycles. The summed E-state index contributed by atoms with van der Waals surface area (Å²) < 4.78 is 55.7. The van der Waals surface area contributed by atoms with Crippen LogP contribution in [0.3, 0.4) is 0 Å². The lowest BCUT2D eigenvalue weighted by atomic mass is 9.78. The molecule has 2 aliphatic heterocycles. The monoisotopic (exact) mass is 422 g/mol. The van der Waals surface area contributed by atoms with E-state index < -0.39 is 18.0 Å². The second-order valence-corrected chi connectivity index (χ2v) is 8.01. The van der Waals surface area contributed by atoms with Crippen molar-refractivity contribution in [1.29, 1.82) is 0 Å². The zero-order valence-electron chi connectivity index (χ0n) is 16.0. The highest BCUT2D eigenvalue weighted by Crippen LogP contribution is 2.41. The Kier molecular flexibility index (Phi) is 4.65. The summed E-state index contributed by atoms with van der Waals surface area (Å²) in [6.07, 6.45) is -4.35. The first-order chi connectivity index (χ1) is 14.4. The number of aromatic nitrogens is 1. The zero-order chi connectivity index (χ0) is 20.9. The van der Waals surface area contributed by atoms with Gasteiger partial charge in [-0.15, -0.1) is 0 Å². The largest absolute Gasteiger partial charge is 0.488 e. The number of nitrogens with zero attached hydrogens (tertiary/aromatic N) is 2. The summed E-state index contributed by atoms with van der Waals surface area (Å²) in [7, 11) is 0. The van der Waals surface area contributed by atoms with Crippen molar-refractivity contribution in [2.45, 2.75) is 31.2 Å². The van der Waals surface area contributed by atoms with E-state index in [0.717, 1.165) is 6.07 Å². The SMILES string of the molecule is O[C@@H]1C[C@H]2CN(c3cccc(C(F)(F)F)n3)C[C@H]2C[C@H]1Oc1ccc2c(c1)OCO2. The molecule has 0 radical (unpaired) electrons. The average molecular weight is 422 g/mol. The van der Waals surface area contributed by atoms with E-state index in [1.54, 1.807) is 24.3 Å². The number of benzene rings is 1. The van der Waals surface area contributed by atoms with Gasteiger partial charge in [0.25, 0.3) is 0 Å². The molecule has 2 aromatic rings. The number of pyridine rings is 1. The average Bonchev–Trinajstić information content (AvgIpc) is 3.34. The molecule has 1 aliphatic carbocycles. The molecular weight excluding hydrogens is 401 g/mol. The molecule has 3 aliphatic rings. The Hall–Kier alpha value is -2.68. The number of fused-ring (bicyclic) bond motifs is 2. The minimum absolute atomic E-state index is 0.175. The quantitative estimate of drug-likeness (QED) is 0.817. The summed E-state index contributed by atoms with van der Waals surface area (Å²) in [5.74, 6) is 2.58. The third kappa shape index (κ3) is 3.62. The number of rotatable bonds is 3. The van der Waals surface area contributed by atoms with Crippen LogP contribution in [0.1, 0.15) is 18.5 Å². The van der Waals surface area contributed by atoms with Crippen molar-refractivity contribution in [1.82, 2.24) is 4.98 Å². The third-order valence-corrected chi connectivity index (χ3v) is 6.07. The Bertz CT molecular complexity index is 939. The highest BCUT2D eigenvalue weighted by molar-refractivity contribution is 5.47. The van der Waals surface area contributed by atoms with Crippen LogP contribution in [-0.2, 0) is 6.18 Å². The molecule has 0 spiro atoms. The van der Waals surface area contributed by atoms with Crippen LogP contribution in [-0.4, -0.2) is 42.2 Å². The molecule has 5 rings (SSSR count).